The minimum Gasteiger partial charge on any atom is -0.329 e. The van der Waals surface area contributed by atoms with E-state index in [2.05, 4.69) is 23.6 Å². The van der Waals surface area contributed by atoms with E-state index in [1.165, 1.54) is 58.3 Å². The Kier molecular flexibility index (Phi) is 5.46. The van der Waals surface area contributed by atoms with Crippen LogP contribution in [-0.4, -0.2) is 54.6 Å². The smallest absolute Gasteiger partial charge is 0.0244 e. The average molecular weight is 253 g/mol. The molecule has 0 bridgehead atoms. The van der Waals surface area contributed by atoms with E-state index in [9.17, 15) is 0 Å². The first-order chi connectivity index (χ1) is 8.76. The zero-order chi connectivity index (χ0) is 13.0. The normalized spacial score (nSPS) is 29.8. The third-order valence-corrected chi connectivity index (χ3v) is 4.95. The molecule has 18 heavy (non-hydrogen) atoms. The molecule has 0 aromatic rings. The molecule has 2 saturated heterocycles. The number of rotatable bonds is 5. The van der Waals surface area contributed by atoms with Gasteiger partial charge in [0.2, 0.25) is 0 Å². The van der Waals surface area contributed by atoms with Crippen LogP contribution in [-0.2, 0) is 0 Å². The van der Waals surface area contributed by atoms with Gasteiger partial charge < -0.3 is 5.73 Å². The lowest BCUT2D eigenvalue weighted by molar-refractivity contribution is 0.134. The van der Waals surface area contributed by atoms with Gasteiger partial charge in [0.25, 0.3) is 0 Å². The van der Waals surface area contributed by atoms with Crippen LogP contribution in [0.5, 0.6) is 0 Å². The molecule has 2 fully saturated rings. The van der Waals surface area contributed by atoms with Crippen molar-refractivity contribution in [1.29, 1.82) is 0 Å². The van der Waals surface area contributed by atoms with Crippen molar-refractivity contribution in [3.63, 3.8) is 0 Å². The van der Waals surface area contributed by atoms with Crippen molar-refractivity contribution in [2.45, 2.75) is 58.0 Å². The molecule has 0 radical (unpaired) electrons. The maximum absolute atomic E-state index is 6.07. The summed E-state index contributed by atoms with van der Waals surface area (Å²) < 4.78 is 0. The summed E-state index contributed by atoms with van der Waals surface area (Å²) in [6, 6.07) is 1.42. The first-order valence-electron chi connectivity index (χ1n) is 7.94. The van der Waals surface area contributed by atoms with Crippen molar-refractivity contribution >= 4 is 0 Å². The zero-order valence-electron chi connectivity index (χ0n) is 12.3. The molecule has 0 saturated carbocycles. The summed E-state index contributed by atoms with van der Waals surface area (Å²) in [7, 11) is 0. The first kappa shape index (κ1) is 14.3. The molecule has 3 unspecified atom stereocenters. The van der Waals surface area contributed by atoms with Crippen molar-refractivity contribution in [2.75, 3.05) is 32.7 Å². The minimum absolute atomic E-state index is 0.602. The molecular formula is C15H31N3. The minimum atomic E-state index is 0.602. The summed E-state index contributed by atoms with van der Waals surface area (Å²) in [6.07, 6.45) is 6.71. The van der Waals surface area contributed by atoms with Crippen LogP contribution in [0.25, 0.3) is 0 Å². The van der Waals surface area contributed by atoms with Crippen molar-refractivity contribution in [1.82, 2.24) is 9.80 Å². The van der Waals surface area contributed by atoms with Gasteiger partial charge in [-0.15, -0.1) is 0 Å². The molecule has 106 valence electrons. The fourth-order valence-corrected chi connectivity index (χ4v) is 3.93. The molecule has 3 atom stereocenters. The summed E-state index contributed by atoms with van der Waals surface area (Å²) in [5.74, 6) is 0.743. The van der Waals surface area contributed by atoms with E-state index >= 15 is 0 Å². The molecule has 2 rings (SSSR count). The molecule has 0 aromatic carbocycles. The Morgan fingerprint density at radius 1 is 1.22 bits per heavy atom. The van der Waals surface area contributed by atoms with Crippen molar-refractivity contribution in [3.8, 4) is 0 Å². The number of fused-ring (bicyclic) bond motifs is 1. The molecule has 3 heteroatoms. The van der Waals surface area contributed by atoms with Crippen LogP contribution in [0, 0.1) is 5.92 Å². The van der Waals surface area contributed by atoms with Crippen molar-refractivity contribution in [3.05, 3.63) is 0 Å². The van der Waals surface area contributed by atoms with E-state index in [0.29, 0.717) is 6.04 Å². The maximum atomic E-state index is 6.07. The number of nitrogens with zero attached hydrogens (tertiary/aromatic N) is 2. The van der Waals surface area contributed by atoms with Gasteiger partial charge in [0, 0.05) is 25.2 Å². The van der Waals surface area contributed by atoms with Crippen molar-refractivity contribution < 1.29 is 0 Å². The fourth-order valence-electron chi connectivity index (χ4n) is 3.93. The number of hydrogen-bond donors (Lipinski definition) is 1. The van der Waals surface area contributed by atoms with Gasteiger partial charge in [-0.3, -0.25) is 9.80 Å². The Labute approximate surface area is 113 Å². The molecule has 3 nitrogen and oxygen atoms in total. The summed E-state index contributed by atoms with van der Waals surface area (Å²) in [5.41, 5.74) is 6.07. The molecule has 0 aliphatic carbocycles. The van der Waals surface area contributed by atoms with Crippen molar-refractivity contribution in [2.24, 2.45) is 11.7 Å². The maximum Gasteiger partial charge on any atom is 0.0244 e. The van der Waals surface area contributed by atoms with Crippen LogP contribution in [0.3, 0.4) is 0 Å². The predicted octanol–water partition coefficient (Wildman–Crippen LogP) is 1.92. The van der Waals surface area contributed by atoms with Gasteiger partial charge in [0.05, 0.1) is 0 Å². The Balaban J connectivity index is 1.96. The van der Waals surface area contributed by atoms with E-state index in [4.69, 9.17) is 5.73 Å². The molecule has 0 spiro atoms. The Hall–Kier alpha value is -0.120. The summed E-state index contributed by atoms with van der Waals surface area (Å²) in [6.45, 7) is 10.6. The first-order valence-corrected chi connectivity index (χ1v) is 7.94. The molecule has 0 amide bonds. The van der Waals surface area contributed by atoms with E-state index in [0.717, 1.165) is 18.5 Å². The van der Waals surface area contributed by atoms with Crippen LogP contribution >= 0.6 is 0 Å². The van der Waals surface area contributed by atoms with Gasteiger partial charge in [-0.1, -0.05) is 20.3 Å². The standard InChI is InChI=1S/C15H31N3/c1-3-6-13(2)15(11-16)18-10-5-9-17-8-4-7-14(17)12-18/h13-15H,3-12,16H2,1-2H3. The van der Waals surface area contributed by atoms with Gasteiger partial charge in [-0.2, -0.15) is 0 Å². The molecule has 0 aromatic heterocycles. The number of nitrogens with two attached hydrogens (primary N) is 1. The Bertz CT molecular complexity index is 244. The van der Waals surface area contributed by atoms with Gasteiger partial charge in [0.1, 0.15) is 0 Å². The monoisotopic (exact) mass is 253 g/mol. The zero-order valence-corrected chi connectivity index (χ0v) is 12.3. The lowest BCUT2D eigenvalue weighted by Gasteiger charge is -2.35. The van der Waals surface area contributed by atoms with Gasteiger partial charge in [-0.05, 0) is 51.2 Å². The molecule has 2 aliphatic rings. The average Bonchev–Trinajstić information content (AvgIpc) is 2.69. The predicted molar refractivity (Wildman–Crippen MR) is 77.7 cm³/mol. The lowest BCUT2D eigenvalue weighted by Crippen LogP contribution is -2.48. The highest BCUT2D eigenvalue weighted by Crippen LogP contribution is 2.25. The highest BCUT2D eigenvalue weighted by molar-refractivity contribution is 4.88. The Morgan fingerprint density at radius 3 is 2.72 bits per heavy atom. The largest absolute Gasteiger partial charge is 0.329 e. The van der Waals surface area contributed by atoms with Gasteiger partial charge in [0.15, 0.2) is 0 Å². The Morgan fingerprint density at radius 2 is 2.00 bits per heavy atom. The highest BCUT2D eigenvalue weighted by atomic mass is 15.3. The topological polar surface area (TPSA) is 32.5 Å². The second-order valence-electron chi connectivity index (χ2n) is 6.25. The SMILES string of the molecule is CCCC(C)C(CN)N1CCCN2CCCC2C1. The third kappa shape index (κ3) is 3.25. The fraction of sp³-hybridized carbons (Fsp3) is 1.00. The van der Waals surface area contributed by atoms with Crippen LogP contribution < -0.4 is 5.73 Å². The molecule has 2 heterocycles. The van der Waals surface area contributed by atoms with Crippen LogP contribution in [0.1, 0.15) is 46.0 Å². The summed E-state index contributed by atoms with van der Waals surface area (Å²) >= 11 is 0. The molecule has 2 N–H and O–H groups in total. The van der Waals surface area contributed by atoms with E-state index < -0.39 is 0 Å². The third-order valence-electron chi connectivity index (χ3n) is 4.95. The molecular weight excluding hydrogens is 222 g/mol. The second kappa shape index (κ2) is 6.88. The van der Waals surface area contributed by atoms with Gasteiger partial charge in [-0.25, -0.2) is 0 Å². The summed E-state index contributed by atoms with van der Waals surface area (Å²) in [4.78, 5) is 5.41. The van der Waals surface area contributed by atoms with E-state index in [-0.39, 0.29) is 0 Å². The number of hydrogen-bond acceptors (Lipinski definition) is 3. The lowest BCUT2D eigenvalue weighted by atomic mass is 9.95. The second-order valence-corrected chi connectivity index (χ2v) is 6.25. The quantitative estimate of drug-likeness (QED) is 0.812. The highest BCUT2D eigenvalue weighted by Gasteiger charge is 2.32. The van der Waals surface area contributed by atoms with Gasteiger partial charge >= 0.3 is 0 Å². The van der Waals surface area contributed by atoms with E-state index in [1.54, 1.807) is 0 Å². The van der Waals surface area contributed by atoms with E-state index in [1.807, 2.05) is 0 Å². The van der Waals surface area contributed by atoms with Crippen LogP contribution in [0.2, 0.25) is 0 Å². The summed E-state index contributed by atoms with van der Waals surface area (Å²) in [5, 5.41) is 0. The molecule has 2 aliphatic heterocycles. The van der Waals surface area contributed by atoms with Crippen LogP contribution in [0.15, 0.2) is 0 Å². The van der Waals surface area contributed by atoms with Crippen LogP contribution in [0.4, 0.5) is 0 Å².